The van der Waals surface area contributed by atoms with Crippen molar-refractivity contribution in [2.24, 2.45) is 5.41 Å². The second-order valence-electron chi connectivity index (χ2n) is 5.96. The Labute approximate surface area is 135 Å². The molecule has 2 rings (SSSR count). The van der Waals surface area contributed by atoms with Gasteiger partial charge in [-0.05, 0) is 32.6 Å². The molecule has 0 aliphatic heterocycles. The molecule has 0 bridgehead atoms. The molecular weight excluding hydrogens is 301 g/mol. The van der Waals surface area contributed by atoms with Gasteiger partial charge in [0.1, 0.15) is 11.3 Å². The summed E-state index contributed by atoms with van der Waals surface area (Å²) in [7, 11) is 2.60. The fourth-order valence-corrected chi connectivity index (χ4v) is 2.70. The van der Waals surface area contributed by atoms with E-state index < -0.39 is 11.8 Å². The normalized spacial score (nSPS) is 23.7. The smallest absolute Gasteiger partial charge is 0.341 e. The quantitative estimate of drug-likeness (QED) is 0.794. The Balaban J connectivity index is 2.18. The van der Waals surface area contributed by atoms with Gasteiger partial charge < -0.3 is 14.2 Å². The number of esters is 1. The highest BCUT2D eigenvalue weighted by molar-refractivity contribution is 5.93. The van der Waals surface area contributed by atoms with Crippen LogP contribution in [0.2, 0.25) is 0 Å². The van der Waals surface area contributed by atoms with Crippen molar-refractivity contribution < 1.29 is 23.4 Å². The minimum atomic E-state index is -0.618. The number of carbonyl (C=O) groups is 1. The second kappa shape index (κ2) is 6.86. The van der Waals surface area contributed by atoms with E-state index in [0.29, 0.717) is 25.7 Å². The summed E-state index contributed by atoms with van der Waals surface area (Å²) in [6, 6.07) is 4.73. The predicted molar refractivity (Wildman–Crippen MR) is 80.9 cm³/mol. The van der Waals surface area contributed by atoms with Crippen molar-refractivity contribution in [3.05, 3.63) is 23.5 Å². The number of hydrogen-bond donors (Lipinski definition) is 0. The van der Waals surface area contributed by atoms with E-state index in [0.717, 1.165) is 6.07 Å². The first-order valence-electron chi connectivity index (χ1n) is 7.46. The lowest BCUT2D eigenvalue weighted by atomic mass is 9.76. The van der Waals surface area contributed by atoms with Crippen LogP contribution in [0.5, 0.6) is 11.5 Å². The average Bonchev–Trinajstić information content (AvgIpc) is 2.57. The summed E-state index contributed by atoms with van der Waals surface area (Å²) in [6.45, 7) is 1.92. The van der Waals surface area contributed by atoms with Gasteiger partial charge in [0, 0.05) is 12.1 Å². The summed E-state index contributed by atoms with van der Waals surface area (Å²) in [6.07, 6.45) is 2.57. The number of carbonyl (C=O) groups excluding carboxylic acids is 1. The highest BCUT2D eigenvalue weighted by atomic mass is 19.1. The molecule has 23 heavy (non-hydrogen) atoms. The van der Waals surface area contributed by atoms with Gasteiger partial charge in [-0.2, -0.15) is 5.26 Å². The van der Waals surface area contributed by atoms with Crippen molar-refractivity contribution in [3.8, 4) is 17.6 Å². The Bertz CT molecular complexity index is 630. The van der Waals surface area contributed by atoms with Gasteiger partial charge >= 0.3 is 5.97 Å². The number of benzene rings is 1. The summed E-state index contributed by atoms with van der Waals surface area (Å²) >= 11 is 0. The van der Waals surface area contributed by atoms with Crippen LogP contribution in [0.25, 0.3) is 0 Å². The van der Waals surface area contributed by atoms with Gasteiger partial charge in [0.25, 0.3) is 0 Å². The largest absolute Gasteiger partial charge is 0.496 e. The highest BCUT2D eigenvalue weighted by Crippen LogP contribution is 2.37. The van der Waals surface area contributed by atoms with Gasteiger partial charge in [0.05, 0.1) is 31.8 Å². The minimum Gasteiger partial charge on any atom is -0.496 e. The Hall–Kier alpha value is -2.29. The molecule has 124 valence electrons. The van der Waals surface area contributed by atoms with Crippen molar-refractivity contribution >= 4 is 5.97 Å². The molecule has 1 saturated carbocycles. The van der Waals surface area contributed by atoms with E-state index >= 15 is 0 Å². The summed E-state index contributed by atoms with van der Waals surface area (Å²) in [4.78, 5) is 11.8. The van der Waals surface area contributed by atoms with Crippen LogP contribution in [0.4, 0.5) is 4.39 Å². The van der Waals surface area contributed by atoms with Crippen LogP contribution in [0, 0.1) is 22.6 Å². The molecule has 0 N–H and O–H groups in total. The van der Waals surface area contributed by atoms with Crippen LogP contribution in [-0.2, 0) is 4.74 Å². The zero-order chi connectivity index (χ0) is 17.0. The van der Waals surface area contributed by atoms with E-state index in [1.54, 1.807) is 0 Å². The SMILES string of the molecule is COC(=O)c1cc(OC2CCC(C)(C#N)CC2)c(F)cc1OC. The van der Waals surface area contributed by atoms with Crippen LogP contribution >= 0.6 is 0 Å². The minimum absolute atomic E-state index is 0.00300. The van der Waals surface area contributed by atoms with Gasteiger partial charge in [0.2, 0.25) is 0 Å². The molecule has 1 aromatic rings. The van der Waals surface area contributed by atoms with Gasteiger partial charge in [0.15, 0.2) is 11.6 Å². The number of rotatable bonds is 4. The molecule has 0 amide bonds. The molecule has 6 heteroatoms. The van der Waals surface area contributed by atoms with Crippen molar-refractivity contribution in [1.82, 2.24) is 0 Å². The Kier molecular flexibility index (Phi) is 5.09. The van der Waals surface area contributed by atoms with E-state index in [1.807, 2.05) is 6.92 Å². The molecule has 0 spiro atoms. The fraction of sp³-hybridized carbons (Fsp3) is 0.529. The molecule has 0 atom stereocenters. The topological polar surface area (TPSA) is 68.5 Å². The van der Waals surface area contributed by atoms with Crippen LogP contribution in [0.15, 0.2) is 12.1 Å². The van der Waals surface area contributed by atoms with E-state index in [-0.39, 0.29) is 28.6 Å². The molecule has 0 aromatic heterocycles. The first-order valence-corrected chi connectivity index (χ1v) is 7.46. The van der Waals surface area contributed by atoms with E-state index in [4.69, 9.17) is 14.7 Å². The molecule has 0 radical (unpaired) electrons. The van der Waals surface area contributed by atoms with E-state index in [1.165, 1.54) is 20.3 Å². The summed E-state index contributed by atoms with van der Waals surface area (Å²) in [5.74, 6) is -1.12. The Morgan fingerprint density at radius 2 is 1.96 bits per heavy atom. The Morgan fingerprint density at radius 1 is 1.30 bits per heavy atom. The second-order valence-corrected chi connectivity index (χ2v) is 5.96. The maximum Gasteiger partial charge on any atom is 0.341 e. The van der Waals surface area contributed by atoms with Gasteiger partial charge in [-0.15, -0.1) is 0 Å². The molecule has 1 fully saturated rings. The number of nitriles is 1. The van der Waals surface area contributed by atoms with Gasteiger partial charge in [-0.25, -0.2) is 9.18 Å². The third kappa shape index (κ3) is 3.73. The van der Waals surface area contributed by atoms with Crippen molar-refractivity contribution in [2.45, 2.75) is 38.7 Å². The third-order valence-corrected chi connectivity index (χ3v) is 4.26. The molecule has 1 aromatic carbocycles. The van der Waals surface area contributed by atoms with Crippen molar-refractivity contribution in [2.75, 3.05) is 14.2 Å². The molecule has 0 unspecified atom stereocenters. The number of halogens is 1. The number of methoxy groups -OCH3 is 2. The molecule has 1 aliphatic rings. The number of hydrogen-bond acceptors (Lipinski definition) is 5. The first kappa shape index (κ1) is 17.1. The lowest BCUT2D eigenvalue weighted by Crippen LogP contribution is -2.29. The zero-order valence-corrected chi connectivity index (χ0v) is 13.5. The third-order valence-electron chi connectivity index (χ3n) is 4.26. The lowest BCUT2D eigenvalue weighted by molar-refractivity contribution is 0.0595. The predicted octanol–water partition coefficient (Wildman–Crippen LogP) is 3.47. The standard InChI is InChI=1S/C17H20FNO4/c1-17(10-19)6-4-11(5-7-17)23-15-8-12(16(20)22-3)14(21-2)9-13(15)18/h8-9,11H,4-7H2,1-3H3. The summed E-state index contributed by atoms with van der Waals surface area (Å²) < 4.78 is 29.5. The number of nitrogens with zero attached hydrogens (tertiary/aromatic N) is 1. The molecule has 0 saturated heterocycles. The Morgan fingerprint density at radius 3 is 2.48 bits per heavy atom. The van der Waals surface area contributed by atoms with Crippen LogP contribution in [0.3, 0.4) is 0 Å². The molecule has 1 aliphatic carbocycles. The van der Waals surface area contributed by atoms with Gasteiger partial charge in [-0.3, -0.25) is 0 Å². The highest BCUT2D eigenvalue weighted by Gasteiger charge is 2.32. The molecule has 0 heterocycles. The molecular formula is C17H20FNO4. The maximum atomic E-state index is 14.1. The first-order chi connectivity index (χ1) is 10.9. The van der Waals surface area contributed by atoms with Gasteiger partial charge in [-0.1, -0.05) is 0 Å². The lowest BCUT2D eigenvalue weighted by Gasteiger charge is -2.32. The van der Waals surface area contributed by atoms with Crippen LogP contribution in [0.1, 0.15) is 43.0 Å². The monoisotopic (exact) mass is 321 g/mol. The average molecular weight is 321 g/mol. The zero-order valence-electron chi connectivity index (χ0n) is 13.5. The van der Waals surface area contributed by atoms with Crippen LogP contribution in [-0.4, -0.2) is 26.3 Å². The summed E-state index contributed by atoms with van der Waals surface area (Å²) in [5.41, 5.74) is -0.223. The van der Waals surface area contributed by atoms with Crippen molar-refractivity contribution in [3.63, 3.8) is 0 Å². The molecule has 5 nitrogen and oxygen atoms in total. The maximum absolute atomic E-state index is 14.1. The summed E-state index contributed by atoms with van der Waals surface area (Å²) in [5, 5.41) is 9.14. The van der Waals surface area contributed by atoms with Crippen molar-refractivity contribution in [1.29, 1.82) is 5.26 Å². The van der Waals surface area contributed by atoms with Crippen LogP contribution < -0.4 is 9.47 Å². The van der Waals surface area contributed by atoms with E-state index in [9.17, 15) is 9.18 Å². The number of ether oxygens (including phenoxy) is 3. The van der Waals surface area contributed by atoms with E-state index in [2.05, 4.69) is 10.8 Å². The fourth-order valence-electron chi connectivity index (χ4n) is 2.70.